The lowest BCUT2D eigenvalue weighted by Gasteiger charge is -2.23. The zero-order valence-electron chi connectivity index (χ0n) is 13.2. The van der Waals surface area contributed by atoms with Crippen LogP contribution in [0, 0.1) is 0 Å². The van der Waals surface area contributed by atoms with Gasteiger partial charge in [-0.1, -0.05) is 24.6 Å². The standard InChI is InChI=1S/C15H21N5O2S/c1-12(14(21)19-8-4-2-3-5-9-19)23-15-16-17-18-20(15)11-13-7-6-10-22-13/h6-7,10,12H,2-5,8-9,11H2,1H3. The summed E-state index contributed by atoms with van der Waals surface area (Å²) in [5.41, 5.74) is 0. The average molecular weight is 335 g/mol. The van der Waals surface area contributed by atoms with E-state index in [1.807, 2.05) is 24.0 Å². The van der Waals surface area contributed by atoms with Crippen LogP contribution in [-0.2, 0) is 11.3 Å². The van der Waals surface area contributed by atoms with Gasteiger partial charge in [0.2, 0.25) is 11.1 Å². The van der Waals surface area contributed by atoms with Crippen molar-refractivity contribution in [3.8, 4) is 0 Å². The van der Waals surface area contributed by atoms with Gasteiger partial charge in [-0.15, -0.1) is 5.10 Å². The molecule has 0 bridgehead atoms. The first kappa shape index (κ1) is 16.0. The zero-order chi connectivity index (χ0) is 16.1. The second kappa shape index (κ2) is 7.63. The normalized spacial score (nSPS) is 17.0. The minimum atomic E-state index is -0.200. The highest BCUT2D eigenvalue weighted by Gasteiger charge is 2.24. The number of hydrogen-bond acceptors (Lipinski definition) is 6. The number of amides is 1. The van der Waals surface area contributed by atoms with Crippen LogP contribution in [0.2, 0.25) is 0 Å². The maximum absolute atomic E-state index is 12.6. The van der Waals surface area contributed by atoms with Crippen molar-refractivity contribution in [1.29, 1.82) is 0 Å². The third-order valence-corrected chi connectivity index (χ3v) is 4.99. The fraction of sp³-hybridized carbons (Fsp3) is 0.600. The van der Waals surface area contributed by atoms with Gasteiger partial charge in [0.05, 0.1) is 11.5 Å². The van der Waals surface area contributed by atoms with Gasteiger partial charge in [-0.05, 0) is 42.3 Å². The quantitative estimate of drug-likeness (QED) is 0.780. The summed E-state index contributed by atoms with van der Waals surface area (Å²) in [6.45, 7) is 4.11. The summed E-state index contributed by atoms with van der Waals surface area (Å²) in [7, 11) is 0. The van der Waals surface area contributed by atoms with Crippen LogP contribution in [0.1, 0.15) is 38.4 Å². The van der Waals surface area contributed by atoms with Gasteiger partial charge in [-0.2, -0.15) is 0 Å². The second-order valence-electron chi connectivity index (χ2n) is 5.70. The summed E-state index contributed by atoms with van der Waals surface area (Å²) in [6, 6.07) is 3.71. The largest absolute Gasteiger partial charge is 0.467 e. The van der Waals surface area contributed by atoms with E-state index in [1.54, 1.807) is 10.9 Å². The minimum Gasteiger partial charge on any atom is -0.467 e. The van der Waals surface area contributed by atoms with Gasteiger partial charge in [0, 0.05) is 13.1 Å². The number of hydrogen-bond donors (Lipinski definition) is 0. The highest BCUT2D eigenvalue weighted by molar-refractivity contribution is 8.00. The number of furan rings is 1. The van der Waals surface area contributed by atoms with Gasteiger partial charge in [0.1, 0.15) is 12.3 Å². The Morgan fingerprint density at radius 1 is 1.35 bits per heavy atom. The molecule has 1 atom stereocenters. The number of carbonyl (C=O) groups is 1. The molecule has 1 unspecified atom stereocenters. The van der Waals surface area contributed by atoms with Crippen molar-refractivity contribution in [2.75, 3.05) is 13.1 Å². The number of tetrazole rings is 1. The highest BCUT2D eigenvalue weighted by Crippen LogP contribution is 2.23. The molecule has 2 aromatic rings. The second-order valence-corrected chi connectivity index (χ2v) is 7.01. The molecule has 1 aliphatic heterocycles. The molecule has 0 aliphatic carbocycles. The highest BCUT2D eigenvalue weighted by atomic mass is 32.2. The lowest BCUT2D eigenvalue weighted by atomic mass is 10.2. The summed E-state index contributed by atoms with van der Waals surface area (Å²) >= 11 is 1.40. The number of carbonyl (C=O) groups excluding carboxylic acids is 1. The van der Waals surface area contributed by atoms with E-state index < -0.39 is 0 Å². The summed E-state index contributed by atoms with van der Waals surface area (Å²) in [4.78, 5) is 14.6. The smallest absolute Gasteiger partial charge is 0.235 e. The topological polar surface area (TPSA) is 77.0 Å². The molecule has 1 fully saturated rings. The Bertz CT molecular complexity index is 620. The SMILES string of the molecule is CC(Sc1nnnn1Cc1ccco1)C(=O)N1CCCCCC1. The molecule has 2 aromatic heterocycles. The fourth-order valence-electron chi connectivity index (χ4n) is 2.69. The molecular weight excluding hydrogens is 314 g/mol. The van der Waals surface area contributed by atoms with E-state index in [1.165, 1.54) is 24.6 Å². The molecule has 1 aliphatic rings. The summed E-state index contributed by atoms with van der Waals surface area (Å²) < 4.78 is 6.98. The molecule has 0 N–H and O–H groups in total. The summed E-state index contributed by atoms with van der Waals surface area (Å²) in [5.74, 6) is 0.954. The molecule has 1 amide bonds. The molecule has 8 heteroatoms. The van der Waals surface area contributed by atoms with Crippen LogP contribution in [0.4, 0.5) is 0 Å². The van der Waals surface area contributed by atoms with E-state index in [0.29, 0.717) is 11.7 Å². The summed E-state index contributed by atoms with van der Waals surface area (Å²) in [5, 5.41) is 12.2. The van der Waals surface area contributed by atoms with E-state index in [0.717, 1.165) is 31.7 Å². The van der Waals surface area contributed by atoms with Crippen molar-refractivity contribution in [2.45, 2.75) is 49.6 Å². The van der Waals surface area contributed by atoms with Crippen LogP contribution in [0.5, 0.6) is 0 Å². The Morgan fingerprint density at radius 3 is 2.83 bits per heavy atom. The first-order valence-corrected chi connectivity index (χ1v) is 8.86. The molecule has 1 saturated heterocycles. The molecule has 7 nitrogen and oxygen atoms in total. The van der Waals surface area contributed by atoms with Crippen molar-refractivity contribution >= 4 is 17.7 Å². The average Bonchev–Trinajstić information content (AvgIpc) is 3.13. The first-order valence-electron chi connectivity index (χ1n) is 7.98. The van der Waals surface area contributed by atoms with Crippen LogP contribution in [0.3, 0.4) is 0 Å². The Labute approximate surface area is 139 Å². The van der Waals surface area contributed by atoms with Crippen LogP contribution in [0.25, 0.3) is 0 Å². The van der Waals surface area contributed by atoms with Gasteiger partial charge in [0.15, 0.2) is 0 Å². The summed E-state index contributed by atoms with van der Waals surface area (Å²) in [6.07, 6.45) is 6.25. The molecule has 0 spiro atoms. The van der Waals surface area contributed by atoms with Crippen LogP contribution in [0.15, 0.2) is 28.0 Å². The van der Waals surface area contributed by atoms with Crippen molar-refractivity contribution in [2.24, 2.45) is 0 Å². The molecule has 0 aromatic carbocycles. The Morgan fingerprint density at radius 2 is 2.13 bits per heavy atom. The molecule has 0 radical (unpaired) electrons. The van der Waals surface area contributed by atoms with Gasteiger partial charge in [0.25, 0.3) is 0 Å². The number of likely N-dealkylation sites (tertiary alicyclic amines) is 1. The Balaban J connectivity index is 1.62. The van der Waals surface area contributed by atoms with Crippen LogP contribution < -0.4 is 0 Å². The maximum atomic E-state index is 12.6. The minimum absolute atomic E-state index is 0.171. The van der Waals surface area contributed by atoms with Gasteiger partial charge in [-0.3, -0.25) is 4.79 Å². The van der Waals surface area contributed by atoms with Crippen LogP contribution in [-0.4, -0.2) is 49.4 Å². The predicted octanol–water partition coefficient (Wildman–Crippen LogP) is 2.20. The zero-order valence-corrected chi connectivity index (χ0v) is 14.0. The van der Waals surface area contributed by atoms with Crippen molar-refractivity contribution in [3.63, 3.8) is 0 Å². The monoisotopic (exact) mass is 335 g/mol. The fourth-order valence-corrected chi connectivity index (χ4v) is 3.56. The van der Waals surface area contributed by atoms with Gasteiger partial charge in [-0.25, -0.2) is 4.68 Å². The van der Waals surface area contributed by atoms with Crippen molar-refractivity contribution < 1.29 is 9.21 Å². The Hall–Kier alpha value is -1.83. The Kier molecular flexibility index (Phi) is 5.32. The number of rotatable bonds is 5. The van der Waals surface area contributed by atoms with E-state index in [-0.39, 0.29) is 11.2 Å². The molecule has 3 rings (SSSR count). The third-order valence-electron chi connectivity index (χ3n) is 3.93. The number of thioether (sulfide) groups is 1. The molecule has 0 saturated carbocycles. The van der Waals surface area contributed by atoms with Crippen molar-refractivity contribution in [1.82, 2.24) is 25.1 Å². The van der Waals surface area contributed by atoms with Gasteiger partial charge >= 0.3 is 0 Å². The van der Waals surface area contributed by atoms with E-state index in [2.05, 4.69) is 15.5 Å². The lowest BCUT2D eigenvalue weighted by Crippen LogP contribution is -2.37. The molecule has 3 heterocycles. The first-order chi connectivity index (χ1) is 11.2. The number of aromatic nitrogens is 4. The maximum Gasteiger partial charge on any atom is 0.235 e. The third kappa shape index (κ3) is 4.13. The van der Waals surface area contributed by atoms with E-state index in [9.17, 15) is 4.79 Å². The predicted molar refractivity (Wildman–Crippen MR) is 86.0 cm³/mol. The van der Waals surface area contributed by atoms with E-state index >= 15 is 0 Å². The molecular formula is C15H21N5O2S. The lowest BCUT2D eigenvalue weighted by molar-refractivity contribution is -0.130. The van der Waals surface area contributed by atoms with E-state index in [4.69, 9.17) is 4.42 Å². The molecule has 124 valence electrons. The van der Waals surface area contributed by atoms with Crippen molar-refractivity contribution in [3.05, 3.63) is 24.2 Å². The molecule has 23 heavy (non-hydrogen) atoms. The van der Waals surface area contributed by atoms with Crippen LogP contribution >= 0.6 is 11.8 Å². The van der Waals surface area contributed by atoms with Gasteiger partial charge < -0.3 is 9.32 Å². The number of nitrogens with zero attached hydrogens (tertiary/aromatic N) is 5.